The molecule has 0 spiro atoms. The van der Waals surface area contributed by atoms with Gasteiger partial charge < -0.3 is 19.6 Å². The summed E-state index contributed by atoms with van der Waals surface area (Å²) in [6.45, 7) is 9.00. The fourth-order valence-electron chi connectivity index (χ4n) is 5.02. The first-order valence-corrected chi connectivity index (χ1v) is 9.67. The van der Waals surface area contributed by atoms with Crippen LogP contribution in [0.1, 0.15) is 52.5 Å². The van der Waals surface area contributed by atoms with Crippen LogP contribution in [0.5, 0.6) is 11.5 Å². The number of carbonyl (C=O) groups is 1. The molecule has 6 nitrogen and oxygen atoms in total. The Morgan fingerprint density at radius 1 is 1.30 bits per heavy atom. The van der Waals surface area contributed by atoms with E-state index < -0.39 is 0 Å². The highest BCUT2D eigenvalue weighted by Gasteiger charge is 2.61. The summed E-state index contributed by atoms with van der Waals surface area (Å²) < 4.78 is 10.7. The van der Waals surface area contributed by atoms with Gasteiger partial charge in [-0.1, -0.05) is 25.9 Å². The van der Waals surface area contributed by atoms with E-state index in [-0.39, 0.29) is 36.2 Å². The van der Waals surface area contributed by atoms with E-state index >= 15 is 0 Å². The molecule has 2 bridgehead atoms. The molecular weight excluding hydrogens is 344 g/mol. The van der Waals surface area contributed by atoms with Crippen molar-refractivity contribution in [2.45, 2.75) is 53.0 Å². The van der Waals surface area contributed by atoms with Crippen molar-refractivity contribution in [2.75, 3.05) is 13.4 Å². The number of amides is 1. The summed E-state index contributed by atoms with van der Waals surface area (Å²) in [5.74, 6) is 2.02. The quantitative estimate of drug-likeness (QED) is 0.635. The molecule has 3 aliphatic rings. The highest BCUT2D eigenvalue weighted by Crippen LogP contribution is 2.65. The van der Waals surface area contributed by atoms with Crippen LogP contribution < -0.4 is 14.8 Å². The first-order valence-electron chi connectivity index (χ1n) is 9.67. The lowest BCUT2D eigenvalue weighted by Gasteiger charge is -2.39. The van der Waals surface area contributed by atoms with Crippen LogP contribution in [0.25, 0.3) is 0 Å². The van der Waals surface area contributed by atoms with E-state index in [4.69, 9.17) is 14.3 Å². The van der Waals surface area contributed by atoms with E-state index in [2.05, 4.69) is 31.2 Å². The number of hydrogen-bond donors (Lipinski definition) is 1. The molecule has 1 N–H and O–H groups in total. The summed E-state index contributed by atoms with van der Waals surface area (Å²) in [5.41, 5.74) is 2.01. The molecule has 1 aromatic rings. The minimum atomic E-state index is -0.105. The van der Waals surface area contributed by atoms with Crippen molar-refractivity contribution in [3.8, 4) is 11.5 Å². The van der Waals surface area contributed by atoms with Crippen LogP contribution in [-0.2, 0) is 9.63 Å². The number of benzene rings is 1. The Labute approximate surface area is 160 Å². The molecule has 1 heterocycles. The van der Waals surface area contributed by atoms with Crippen LogP contribution in [0.3, 0.4) is 0 Å². The third-order valence-corrected chi connectivity index (χ3v) is 7.32. The third kappa shape index (κ3) is 2.95. The van der Waals surface area contributed by atoms with E-state index in [1.807, 2.05) is 25.1 Å². The minimum Gasteiger partial charge on any atom is -0.454 e. The van der Waals surface area contributed by atoms with Crippen molar-refractivity contribution in [3.05, 3.63) is 23.8 Å². The minimum absolute atomic E-state index is 0.0699. The van der Waals surface area contributed by atoms with Crippen molar-refractivity contribution >= 4 is 11.6 Å². The van der Waals surface area contributed by atoms with Gasteiger partial charge in [0, 0.05) is 11.6 Å². The zero-order valence-corrected chi connectivity index (χ0v) is 16.5. The van der Waals surface area contributed by atoms with Gasteiger partial charge in [-0.25, -0.2) is 0 Å². The number of fused-ring (bicyclic) bond motifs is 3. The number of nitrogens with zero attached hydrogens (tertiary/aromatic N) is 1. The third-order valence-electron chi connectivity index (χ3n) is 7.32. The molecule has 4 rings (SSSR count). The maximum absolute atomic E-state index is 12.4. The Bertz CT molecular complexity index is 788. The maximum Gasteiger partial charge on any atom is 0.261 e. The summed E-state index contributed by atoms with van der Waals surface area (Å²) in [6.07, 6.45) is 3.51. The zero-order valence-electron chi connectivity index (χ0n) is 16.5. The number of nitrogens with one attached hydrogen (secondary N) is 1. The molecule has 0 radical (unpaired) electrons. The van der Waals surface area contributed by atoms with Crippen molar-refractivity contribution in [3.63, 3.8) is 0 Å². The van der Waals surface area contributed by atoms with Gasteiger partial charge in [0.25, 0.3) is 5.91 Å². The average molecular weight is 372 g/mol. The van der Waals surface area contributed by atoms with Crippen LogP contribution in [0.15, 0.2) is 23.4 Å². The molecule has 2 fully saturated rings. The topological polar surface area (TPSA) is 69.2 Å². The Balaban J connectivity index is 1.32. The predicted molar refractivity (Wildman–Crippen MR) is 102 cm³/mol. The van der Waals surface area contributed by atoms with E-state index in [9.17, 15) is 4.79 Å². The van der Waals surface area contributed by atoms with Gasteiger partial charge >= 0.3 is 0 Å². The fourth-order valence-corrected chi connectivity index (χ4v) is 5.02. The summed E-state index contributed by atoms with van der Waals surface area (Å²) in [5, 5.41) is 7.27. The van der Waals surface area contributed by atoms with Gasteiger partial charge in [0.05, 0.1) is 5.71 Å². The van der Waals surface area contributed by atoms with Gasteiger partial charge in [-0.05, 0) is 61.1 Å². The van der Waals surface area contributed by atoms with Gasteiger partial charge in [0.1, 0.15) is 0 Å². The highest BCUT2D eigenvalue weighted by atomic mass is 16.7. The fraction of sp³-hybridized carbons (Fsp3) is 0.619. The SMILES string of the molecule is CC(=NOCC(=O)NC1CC2CCC1(C)C2(C)C)c1ccc2c(c1)OCO2. The summed E-state index contributed by atoms with van der Waals surface area (Å²) in [6, 6.07) is 5.83. The van der Waals surface area contributed by atoms with E-state index in [1.54, 1.807) is 0 Å². The maximum atomic E-state index is 12.4. The van der Waals surface area contributed by atoms with E-state index in [0.717, 1.165) is 17.7 Å². The Morgan fingerprint density at radius 2 is 2.07 bits per heavy atom. The zero-order chi connectivity index (χ0) is 19.2. The first kappa shape index (κ1) is 18.1. The average Bonchev–Trinajstić information content (AvgIpc) is 3.23. The lowest BCUT2D eigenvalue weighted by Crippen LogP contribution is -2.47. The second-order valence-electron chi connectivity index (χ2n) is 8.75. The molecule has 1 aliphatic heterocycles. The second kappa shape index (κ2) is 6.43. The van der Waals surface area contributed by atoms with Crippen molar-refractivity contribution in [1.82, 2.24) is 5.32 Å². The largest absolute Gasteiger partial charge is 0.454 e. The highest BCUT2D eigenvalue weighted by molar-refractivity contribution is 5.99. The summed E-state index contributed by atoms with van der Waals surface area (Å²) in [4.78, 5) is 17.7. The molecular formula is C21H28N2O4. The first-order chi connectivity index (χ1) is 12.8. The predicted octanol–water partition coefficient (Wildman–Crippen LogP) is 3.49. The lowest BCUT2D eigenvalue weighted by molar-refractivity contribution is -0.127. The van der Waals surface area contributed by atoms with Gasteiger partial charge in [0.2, 0.25) is 6.79 Å². The molecule has 2 saturated carbocycles. The molecule has 27 heavy (non-hydrogen) atoms. The smallest absolute Gasteiger partial charge is 0.261 e. The number of rotatable bonds is 5. The normalized spacial score (nSPS) is 30.4. The molecule has 2 aliphatic carbocycles. The summed E-state index contributed by atoms with van der Waals surface area (Å²) in [7, 11) is 0. The molecule has 146 valence electrons. The van der Waals surface area contributed by atoms with Gasteiger partial charge in [0.15, 0.2) is 18.1 Å². The van der Waals surface area contributed by atoms with Crippen LogP contribution in [-0.4, -0.2) is 31.1 Å². The van der Waals surface area contributed by atoms with Gasteiger partial charge in [-0.3, -0.25) is 4.79 Å². The Hall–Kier alpha value is -2.24. The number of carbonyl (C=O) groups excluding carboxylic acids is 1. The monoisotopic (exact) mass is 372 g/mol. The Kier molecular flexibility index (Phi) is 4.32. The van der Waals surface area contributed by atoms with Gasteiger partial charge in [-0.15, -0.1) is 0 Å². The standard InChI is InChI=1S/C21H28N2O4/c1-13(14-5-6-16-17(9-14)26-12-25-16)23-27-11-19(24)22-18-10-15-7-8-21(18,4)20(15,2)3/h5-6,9,15,18H,7-8,10-12H2,1-4H3,(H,22,24). The van der Waals surface area contributed by atoms with Crippen LogP contribution in [0, 0.1) is 16.7 Å². The van der Waals surface area contributed by atoms with E-state index in [1.165, 1.54) is 12.8 Å². The molecule has 1 aromatic carbocycles. The van der Waals surface area contributed by atoms with E-state index in [0.29, 0.717) is 17.4 Å². The molecule has 0 saturated heterocycles. The van der Waals surface area contributed by atoms with Crippen LogP contribution in [0.4, 0.5) is 0 Å². The number of hydrogen-bond acceptors (Lipinski definition) is 5. The van der Waals surface area contributed by atoms with Gasteiger partial charge in [-0.2, -0.15) is 0 Å². The molecule has 0 aromatic heterocycles. The van der Waals surface area contributed by atoms with Crippen LogP contribution >= 0.6 is 0 Å². The number of oxime groups is 1. The van der Waals surface area contributed by atoms with Crippen LogP contribution in [0.2, 0.25) is 0 Å². The Morgan fingerprint density at radius 3 is 2.78 bits per heavy atom. The lowest BCUT2D eigenvalue weighted by atomic mass is 9.69. The van der Waals surface area contributed by atoms with Crippen molar-refractivity contribution in [1.29, 1.82) is 0 Å². The molecule has 3 atom stereocenters. The van der Waals surface area contributed by atoms with Crippen molar-refractivity contribution in [2.24, 2.45) is 21.9 Å². The molecule has 3 unspecified atom stereocenters. The second-order valence-corrected chi connectivity index (χ2v) is 8.75. The summed E-state index contributed by atoms with van der Waals surface area (Å²) >= 11 is 0. The molecule has 1 amide bonds. The van der Waals surface area contributed by atoms with Crippen molar-refractivity contribution < 1.29 is 19.1 Å². The number of ether oxygens (including phenoxy) is 2. The molecule has 6 heteroatoms.